The number of aliphatic hydroxyl groups is 1. The number of nitrogens with zero attached hydrogens (tertiary/aromatic N) is 1. The Morgan fingerprint density at radius 1 is 1.24 bits per heavy atom. The molecule has 1 aliphatic rings. The molecule has 34 heavy (non-hydrogen) atoms. The van der Waals surface area contributed by atoms with Gasteiger partial charge in [-0.05, 0) is 56.8 Å². The standard InChI is InChI=1S/C27H39NO5S/c1-16-8-10-22(29)17(2)9-11-23(18(3)13-21-15-34-20(5)28-21)33-25(31)14-24(30)27(6,7)26(32)19(4)12-16/h9,13,15-16,19,23-24,30H,8,10-12,14H2,1-7H3/b17-9-,18-13+/t16?,19-,23?,24+/m1/s1. The first kappa shape index (κ1) is 28.1. The molecule has 0 amide bonds. The molecule has 0 aromatic carbocycles. The molecule has 0 spiro atoms. The first-order chi connectivity index (χ1) is 15.8. The molecule has 0 radical (unpaired) electrons. The summed E-state index contributed by atoms with van der Waals surface area (Å²) < 4.78 is 5.76. The molecule has 0 saturated heterocycles. The van der Waals surface area contributed by atoms with Gasteiger partial charge >= 0.3 is 5.97 Å². The SMILES string of the molecule is C/C1=C/CC(/C(C)=C/c2csc(C)n2)OC(=O)C[C@H](O)C(C)(C)C(=O)[C@H](C)CC(C)CCC1=O. The van der Waals surface area contributed by atoms with Gasteiger partial charge in [0.05, 0.1) is 28.6 Å². The monoisotopic (exact) mass is 489 g/mol. The van der Waals surface area contributed by atoms with Crippen molar-refractivity contribution in [2.45, 2.75) is 92.8 Å². The van der Waals surface area contributed by atoms with Crippen LogP contribution < -0.4 is 0 Å². The Labute approximate surface area is 207 Å². The summed E-state index contributed by atoms with van der Waals surface area (Å²) >= 11 is 1.54. The maximum Gasteiger partial charge on any atom is 0.309 e. The molecule has 1 aromatic rings. The number of carbonyl (C=O) groups excluding carboxylic acids is 3. The number of hydrogen-bond donors (Lipinski definition) is 1. The topological polar surface area (TPSA) is 93.6 Å². The van der Waals surface area contributed by atoms with Gasteiger partial charge in [0, 0.05) is 24.1 Å². The third kappa shape index (κ3) is 7.70. The molecule has 7 heteroatoms. The van der Waals surface area contributed by atoms with E-state index in [1.54, 1.807) is 20.8 Å². The van der Waals surface area contributed by atoms with Crippen molar-refractivity contribution in [2.24, 2.45) is 17.3 Å². The molecule has 1 aliphatic heterocycles. The fourth-order valence-corrected chi connectivity index (χ4v) is 4.89. The molecule has 0 aliphatic carbocycles. The quantitative estimate of drug-likeness (QED) is 0.553. The minimum atomic E-state index is -1.15. The Balaban J connectivity index is 2.36. The zero-order valence-corrected chi connectivity index (χ0v) is 22.3. The highest BCUT2D eigenvalue weighted by molar-refractivity contribution is 7.09. The van der Waals surface area contributed by atoms with Gasteiger partial charge < -0.3 is 9.84 Å². The van der Waals surface area contributed by atoms with Crippen LogP contribution in [0.1, 0.15) is 84.3 Å². The second-order valence-corrected chi connectivity index (χ2v) is 11.4. The molecule has 2 unspecified atom stereocenters. The maximum atomic E-state index is 13.1. The van der Waals surface area contributed by atoms with Crippen LogP contribution >= 0.6 is 11.3 Å². The number of carbonyl (C=O) groups is 3. The average molecular weight is 490 g/mol. The number of allylic oxidation sites excluding steroid dienone is 1. The zero-order valence-electron chi connectivity index (χ0n) is 21.5. The van der Waals surface area contributed by atoms with Crippen LogP contribution in [-0.2, 0) is 19.1 Å². The van der Waals surface area contributed by atoms with Crippen LogP contribution in [0.25, 0.3) is 6.08 Å². The van der Waals surface area contributed by atoms with Crippen molar-refractivity contribution in [3.05, 3.63) is 33.3 Å². The molecule has 6 nitrogen and oxygen atoms in total. The number of esters is 1. The van der Waals surface area contributed by atoms with Crippen molar-refractivity contribution in [2.75, 3.05) is 0 Å². The lowest BCUT2D eigenvalue weighted by Crippen LogP contribution is -2.42. The Kier molecular flexibility index (Phi) is 9.95. The van der Waals surface area contributed by atoms with Crippen LogP contribution in [0.2, 0.25) is 0 Å². The third-order valence-electron chi connectivity index (χ3n) is 6.77. The molecule has 188 valence electrons. The van der Waals surface area contributed by atoms with Gasteiger partial charge in [-0.3, -0.25) is 14.4 Å². The first-order valence-electron chi connectivity index (χ1n) is 12.0. The highest BCUT2D eigenvalue weighted by Gasteiger charge is 2.40. The number of ketones is 2. The Morgan fingerprint density at radius 3 is 2.53 bits per heavy atom. The summed E-state index contributed by atoms with van der Waals surface area (Å²) in [6, 6.07) is 0. The maximum absolute atomic E-state index is 13.1. The second-order valence-electron chi connectivity index (χ2n) is 10.3. The number of Topliss-reactive ketones (excluding diaryl/α,β-unsaturated/α-hetero) is 2. The van der Waals surface area contributed by atoms with Crippen molar-refractivity contribution in [3.63, 3.8) is 0 Å². The van der Waals surface area contributed by atoms with Gasteiger partial charge in [-0.15, -0.1) is 11.3 Å². The number of aryl methyl sites for hydroxylation is 1. The molecule has 0 fully saturated rings. The van der Waals surface area contributed by atoms with Crippen molar-refractivity contribution < 1.29 is 24.2 Å². The van der Waals surface area contributed by atoms with E-state index >= 15 is 0 Å². The van der Waals surface area contributed by atoms with Crippen LogP contribution in [0, 0.1) is 24.2 Å². The molecular formula is C27H39NO5S. The van der Waals surface area contributed by atoms with E-state index in [-0.39, 0.29) is 29.8 Å². The molecule has 1 N–H and O–H groups in total. The summed E-state index contributed by atoms with van der Waals surface area (Å²) in [5, 5.41) is 13.7. The molecule has 4 atom stereocenters. The minimum absolute atomic E-state index is 0.0653. The smallest absolute Gasteiger partial charge is 0.309 e. The van der Waals surface area contributed by atoms with Gasteiger partial charge in [-0.2, -0.15) is 0 Å². The van der Waals surface area contributed by atoms with Crippen molar-refractivity contribution in [1.82, 2.24) is 4.98 Å². The van der Waals surface area contributed by atoms with Crippen LogP contribution in [0.4, 0.5) is 0 Å². The third-order valence-corrected chi connectivity index (χ3v) is 7.56. The van der Waals surface area contributed by atoms with E-state index in [0.29, 0.717) is 31.3 Å². The fourth-order valence-electron chi connectivity index (χ4n) is 4.32. The van der Waals surface area contributed by atoms with E-state index in [2.05, 4.69) is 4.98 Å². The van der Waals surface area contributed by atoms with Gasteiger partial charge in [0.2, 0.25) is 0 Å². The molecule has 2 heterocycles. The van der Waals surface area contributed by atoms with E-state index in [1.165, 1.54) is 11.3 Å². The van der Waals surface area contributed by atoms with Gasteiger partial charge in [0.1, 0.15) is 11.9 Å². The van der Waals surface area contributed by atoms with Crippen LogP contribution in [0.3, 0.4) is 0 Å². The van der Waals surface area contributed by atoms with Crippen molar-refractivity contribution in [3.8, 4) is 0 Å². The van der Waals surface area contributed by atoms with Gasteiger partial charge in [-0.1, -0.05) is 33.8 Å². The number of cyclic esters (lactones) is 1. The molecule has 1 aromatic heterocycles. The van der Waals surface area contributed by atoms with Crippen LogP contribution in [-0.4, -0.2) is 39.8 Å². The average Bonchev–Trinajstić information content (AvgIpc) is 3.17. The lowest BCUT2D eigenvalue weighted by atomic mass is 9.74. The number of aromatic nitrogens is 1. The minimum Gasteiger partial charge on any atom is -0.457 e. The number of hydrogen-bond acceptors (Lipinski definition) is 7. The van der Waals surface area contributed by atoms with E-state index in [4.69, 9.17) is 4.74 Å². The van der Waals surface area contributed by atoms with Crippen LogP contribution in [0.15, 0.2) is 22.6 Å². The largest absolute Gasteiger partial charge is 0.457 e. The summed E-state index contributed by atoms with van der Waals surface area (Å²) in [5.41, 5.74) is 1.14. The molecule has 2 rings (SSSR count). The van der Waals surface area contributed by atoms with E-state index in [1.807, 2.05) is 45.2 Å². The second kappa shape index (κ2) is 12.0. The Morgan fingerprint density at radius 2 is 1.91 bits per heavy atom. The fraction of sp³-hybridized carbons (Fsp3) is 0.630. The summed E-state index contributed by atoms with van der Waals surface area (Å²) in [6.07, 6.45) is 3.76. The first-order valence-corrected chi connectivity index (χ1v) is 12.9. The number of rotatable bonds is 2. The summed E-state index contributed by atoms with van der Waals surface area (Å²) in [7, 11) is 0. The van der Waals surface area contributed by atoms with Crippen LogP contribution in [0.5, 0.6) is 0 Å². The summed E-state index contributed by atoms with van der Waals surface area (Å²) in [5.74, 6) is -0.682. The number of ether oxygens (including phenoxy) is 1. The molecular weight excluding hydrogens is 450 g/mol. The molecule has 0 saturated carbocycles. The normalized spacial score (nSPS) is 29.9. The van der Waals surface area contributed by atoms with Crippen molar-refractivity contribution in [1.29, 1.82) is 0 Å². The lowest BCUT2D eigenvalue weighted by molar-refractivity contribution is -0.153. The van der Waals surface area contributed by atoms with Gasteiger partial charge in [-0.25, -0.2) is 4.98 Å². The van der Waals surface area contributed by atoms with Gasteiger partial charge in [0.15, 0.2) is 5.78 Å². The van der Waals surface area contributed by atoms with E-state index in [9.17, 15) is 19.5 Å². The van der Waals surface area contributed by atoms with E-state index < -0.39 is 23.6 Å². The Hall–Kier alpha value is -2.12. The molecule has 0 bridgehead atoms. The van der Waals surface area contributed by atoms with E-state index in [0.717, 1.165) is 16.3 Å². The van der Waals surface area contributed by atoms with Gasteiger partial charge in [0.25, 0.3) is 0 Å². The number of aliphatic hydroxyl groups excluding tert-OH is 1. The zero-order chi connectivity index (χ0) is 25.6. The highest BCUT2D eigenvalue weighted by Crippen LogP contribution is 2.32. The number of thiazole rings is 1. The predicted octanol–water partition coefficient (Wildman–Crippen LogP) is 5.47. The Bertz CT molecular complexity index is 958. The summed E-state index contributed by atoms with van der Waals surface area (Å²) in [6.45, 7) is 12.8. The predicted molar refractivity (Wildman–Crippen MR) is 135 cm³/mol. The lowest BCUT2D eigenvalue weighted by Gasteiger charge is -2.32. The van der Waals surface area contributed by atoms with Crippen molar-refractivity contribution >= 4 is 34.9 Å². The highest BCUT2D eigenvalue weighted by atomic mass is 32.1. The summed E-state index contributed by atoms with van der Waals surface area (Å²) in [4.78, 5) is 43.0.